The summed E-state index contributed by atoms with van der Waals surface area (Å²) in [6.07, 6.45) is 5.74. The van der Waals surface area contributed by atoms with Crippen LogP contribution in [0.25, 0.3) is 0 Å². The fourth-order valence-electron chi connectivity index (χ4n) is 4.43. The molecule has 0 bridgehead atoms. The molecule has 2 aliphatic carbocycles. The van der Waals surface area contributed by atoms with Crippen LogP contribution in [-0.2, 0) is 14.3 Å². The van der Waals surface area contributed by atoms with Crippen molar-refractivity contribution in [2.75, 3.05) is 6.61 Å². The molecule has 2 aliphatic rings. The van der Waals surface area contributed by atoms with E-state index < -0.39 is 0 Å². The number of Topliss-reactive ketones (excluding diaryl/α,β-unsaturated/α-hetero) is 2. The summed E-state index contributed by atoms with van der Waals surface area (Å²) < 4.78 is 6.00. The number of ether oxygens (including phenoxy) is 1. The zero-order chi connectivity index (χ0) is 20.9. The third kappa shape index (κ3) is 7.51. The van der Waals surface area contributed by atoms with Crippen LogP contribution in [0.1, 0.15) is 67.7 Å². The summed E-state index contributed by atoms with van der Waals surface area (Å²) in [5, 5.41) is 0. The van der Waals surface area contributed by atoms with Gasteiger partial charge in [0.05, 0.1) is 6.10 Å². The zero-order valence-corrected chi connectivity index (χ0v) is 19.4. The van der Waals surface area contributed by atoms with E-state index in [1.165, 1.54) is 12.8 Å². The van der Waals surface area contributed by atoms with Gasteiger partial charge >= 0.3 is 0 Å². The quantitative estimate of drug-likeness (QED) is 0.513. The molecular formula is C22H36Cl2O3. The van der Waals surface area contributed by atoms with Crippen molar-refractivity contribution in [2.24, 2.45) is 35.0 Å². The molecule has 2 rings (SSSR count). The number of hydrogen-bond donors (Lipinski definition) is 0. The SMILES string of the molecule is CC(=O)C1C(C=C(Cl)Cl)C1(C)C.CC(=O)COC1C[C@@H](C)CC[C@@H]1C(C)C. The van der Waals surface area contributed by atoms with Gasteiger partial charge in [0.2, 0.25) is 0 Å². The van der Waals surface area contributed by atoms with E-state index in [0.29, 0.717) is 24.5 Å². The standard InChI is InChI=1S/C13H24O2.C9H12Cl2O/c1-9(2)12-6-5-10(3)7-13(12)15-8-11(4)14;1-5(12)8-6(4-7(10)11)9(8,2)3/h9-10,12-13H,5-8H2,1-4H3;4,6,8H,1-3H3/t10-,12+,13?;/m0./s1. The Labute approximate surface area is 175 Å². The third-order valence-electron chi connectivity index (χ3n) is 6.12. The van der Waals surface area contributed by atoms with Crippen LogP contribution < -0.4 is 0 Å². The predicted octanol–water partition coefficient (Wildman–Crippen LogP) is 6.22. The normalized spacial score (nSPS) is 31.6. The first-order chi connectivity index (χ1) is 12.4. The average molecular weight is 419 g/mol. The van der Waals surface area contributed by atoms with E-state index in [0.717, 1.165) is 12.3 Å². The smallest absolute Gasteiger partial charge is 0.155 e. The largest absolute Gasteiger partial charge is 0.370 e. The number of carbonyl (C=O) groups excluding carboxylic acids is 2. The maximum Gasteiger partial charge on any atom is 0.155 e. The van der Waals surface area contributed by atoms with E-state index in [1.54, 1.807) is 19.9 Å². The highest BCUT2D eigenvalue weighted by molar-refractivity contribution is 6.55. The topological polar surface area (TPSA) is 43.4 Å². The van der Waals surface area contributed by atoms with Gasteiger partial charge in [0.25, 0.3) is 0 Å². The molecule has 0 aromatic carbocycles. The molecule has 0 aliphatic heterocycles. The summed E-state index contributed by atoms with van der Waals surface area (Å²) in [6, 6.07) is 0. The van der Waals surface area contributed by atoms with E-state index in [9.17, 15) is 9.59 Å². The Hall–Kier alpha value is -0.380. The van der Waals surface area contributed by atoms with Crippen molar-refractivity contribution in [3.8, 4) is 0 Å². The Morgan fingerprint density at radius 2 is 1.78 bits per heavy atom. The lowest BCUT2D eigenvalue weighted by Crippen LogP contribution is -2.35. The van der Waals surface area contributed by atoms with Gasteiger partial charge < -0.3 is 4.74 Å². The molecule has 2 fully saturated rings. The molecule has 156 valence electrons. The Morgan fingerprint density at radius 1 is 1.19 bits per heavy atom. The molecule has 0 aromatic rings. The Balaban J connectivity index is 0.000000277. The summed E-state index contributed by atoms with van der Waals surface area (Å²) in [7, 11) is 0. The average Bonchev–Trinajstić information content (AvgIpc) is 3.05. The van der Waals surface area contributed by atoms with E-state index in [2.05, 4.69) is 34.6 Å². The van der Waals surface area contributed by atoms with Crippen molar-refractivity contribution in [1.29, 1.82) is 0 Å². The first-order valence-corrected chi connectivity index (χ1v) is 10.8. The highest BCUT2D eigenvalue weighted by Crippen LogP contribution is 2.59. The minimum absolute atomic E-state index is 0.0425. The second kappa shape index (κ2) is 10.4. The van der Waals surface area contributed by atoms with Crippen molar-refractivity contribution >= 4 is 34.8 Å². The van der Waals surface area contributed by atoms with Gasteiger partial charge in [-0.2, -0.15) is 0 Å². The first-order valence-electron chi connectivity index (χ1n) is 10.0. The molecule has 0 saturated heterocycles. The number of hydrogen-bond acceptors (Lipinski definition) is 3. The fraction of sp³-hybridized carbons (Fsp3) is 0.818. The minimum atomic E-state index is 0.0425. The van der Waals surface area contributed by atoms with Gasteiger partial charge in [0, 0.05) is 5.92 Å². The molecule has 0 radical (unpaired) electrons. The Morgan fingerprint density at radius 3 is 2.19 bits per heavy atom. The maximum atomic E-state index is 11.1. The van der Waals surface area contributed by atoms with Crippen LogP contribution in [0.4, 0.5) is 0 Å². The molecule has 0 aromatic heterocycles. The second-order valence-electron chi connectivity index (χ2n) is 9.27. The molecule has 3 nitrogen and oxygen atoms in total. The molecule has 27 heavy (non-hydrogen) atoms. The lowest BCUT2D eigenvalue weighted by atomic mass is 9.75. The highest BCUT2D eigenvalue weighted by Gasteiger charge is 2.58. The van der Waals surface area contributed by atoms with Crippen LogP contribution in [0.3, 0.4) is 0 Å². The van der Waals surface area contributed by atoms with E-state index in [4.69, 9.17) is 27.9 Å². The number of allylic oxidation sites excluding steroid dienone is 1. The van der Waals surface area contributed by atoms with Crippen LogP contribution in [0.2, 0.25) is 0 Å². The zero-order valence-electron chi connectivity index (χ0n) is 17.9. The van der Waals surface area contributed by atoms with Gasteiger partial charge in [-0.1, -0.05) is 64.2 Å². The lowest BCUT2D eigenvalue weighted by molar-refractivity contribution is -0.127. The van der Waals surface area contributed by atoms with Crippen LogP contribution in [0.15, 0.2) is 10.6 Å². The van der Waals surface area contributed by atoms with E-state index in [1.807, 2.05) is 0 Å². The van der Waals surface area contributed by atoms with Gasteiger partial charge in [-0.05, 0) is 61.9 Å². The highest BCUT2D eigenvalue weighted by atomic mass is 35.5. The van der Waals surface area contributed by atoms with Crippen molar-refractivity contribution < 1.29 is 14.3 Å². The van der Waals surface area contributed by atoms with Crippen LogP contribution in [0, 0.1) is 35.0 Å². The molecule has 0 heterocycles. The minimum Gasteiger partial charge on any atom is -0.370 e. The molecule has 0 spiro atoms. The molecule has 0 amide bonds. The summed E-state index contributed by atoms with van der Waals surface area (Å²) >= 11 is 11.1. The summed E-state index contributed by atoms with van der Waals surface area (Å²) in [6.45, 7) is 14.4. The van der Waals surface area contributed by atoms with Crippen molar-refractivity contribution in [3.05, 3.63) is 10.6 Å². The fourth-order valence-corrected chi connectivity index (χ4v) is 4.70. The second-order valence-corrected chi connectivity index (χ2v) is 10.3. The predicted molar refractivity (Wildman–Crippen MR) is 113 cm³/mol. The van der Waals surface area contributed by atoms with Crippen molar-refractivity contribution in [1.82, 2.24) is 0 Å². The summed E-state index contributed by atoms with van der Waals surface area (Å²) in [5.74, 6) is 2.73. The number of halogens is 2. The molecule has 5 heteroatoms. The van der Waals surface area contributed by atoms with Crippen LogP contribution in [-0.4, -0.2) is 24.3 Å². The Kier molecular flexibility index (Phi) is 9.51. The van der Waals surface area contributed by atoms with Gasteiger partial charge in [-0.15, -0.1) is 0 Å². The first kappa shape index (κ1) is 24.7. The monoisotopic (exact) mass is 418 g/mol. The van der Waals surface area contributed by atoms with Gasteiger partial charge in [-0.25, -0.2) is 0 Å². The lowest BCUT2D eigenvalue weighted by Gasteiger charge is -2.36. The van der Waals surface area contributed by atoms with Gasteiger partial charge in [0.15, 0.2) is 5.78 Å². The summed E-state index contributed by atoms with van der Waals surface area (Å²) in [5.41, 5.74) is 0.0425. The van der Waals surface area contributed by atoms with Crippen molar-refractivity contribution in [3.63, 3.8) is 0 Å². The number of carbonyl (C=O) groups is 2. The number of ketones is 2. The third-order valence-corrected chi connectivity index (χ3v) is 6.37. The molecule has 0 N–H and O–H groups in total. The molecular weight excluding hydrogens is 383 g/mol. The Bertz CT molecular complexity index is 550. The van der Waals surface area contributed by atoms with E-state index in [-0.39, 0.29) is 33.3 Å². The van der Waals surface area contributed by atoms with Crippen LogP contribution in [0.5, 0.6) is 0 Å². The van der Waals surface area contributed by atoms with Gasteiger partial charge in [-0.3, -0.25) is 9.59 Å². The van der Waals surface area contributed by atoms with Crippen LogP contribution >= 0.6 is 23.2 Å². The molecule has 3 unspecified atom stereocenters. The summed E-state index contributed by atoms with van der Waals surface area (Å²) in [4.78, 5) is 22.0. The van der Waals surface area contributed by atoms with E-state index >= 15 is 0 Å². The maximum absolute atomic E-state index is 11.1. The molecule has 5 atom stereocenters. The number of rotatable bonds is 6. The van der Waals surface area contributed by atoms with Crippen molar-refractivity contribution in [2.45, 2.75) is 73.8 Å². The van der Waals surface area contributed by atoms with Gasteiger partial charge in [0.1, 0.15) is 16.9 Å². The molecule has 2 saturated carbocycles.